The highest BCUT2D eigenvalue weighted by atomic mass is 32.2. The number of nitrogens with one attached hydrogen (secondary N) is 1. The fourth-order valence-corrected chi connectivity index (χ4v) is 6.32. The quantitative estimate of drug-likeness (QED) is 0.779. The van der Waals surface area contributed by atoms with Crippen molar-refractivity contribution in [3.63, 3.8) is 0 Å². The molecule has 3 rings (SSSR count). The number of aryl methyl sites for hydroxylation is 1. The minimum atomic E-state index is -3.04. The van der Waals surface area contributed by atoms with Gasteiger partial charge in [0.1, 0.15) is 6.04 Å². The molecule has 1 aliphatic rings. The van der Waals surface area contributed by atoms with Crippen molar-refractivity contribution in [3.8, 4) is 0 Å². The summed E-state index contributed by atoms with van der Waals surface area (Å²) in [6, 6.07) is 12.5. The Kier molecular flexibility index (Phi) is 5.50. The van der Waals surface area contributed by atoms with Crippen molar-refractivity contribution in [2.75, 3.05) is 18.1 Å². The zero-order valence-electron chi connectivity index (χ0n) is 15.1. The zero-order chi connectivity index (χ0) is 18.8. The minimum Gasteiger partial charge on any atom is -0.345 e. The first-order chi connectivity index (χ1) is 12.3. The number of amides is 1. The summed E-state index contributed by atoms with van der Waals surface area (Å²) in [6.07, 6.45) is 0.480. The number of hydrogen-bond donors (Lipinski definition) is 2. The standard InChI is InChI=1S/C19H24N2O3S2/c1-14-5-7-15(8-6-14)18(16-4-3-10-25-16)20-12-17(22)21-19(2)9-11-26(23,24)13-19/h3-8,10,18,20H,9,11-13H2,1-2H3,(H,21,22)/p+1/t18-,19+/m0/s1. The van der Waals surface area contributed by atoms with Crippen LogP contribution in [0, 0.1) is 6.92 Å². The topological polar surface area (TPSA) is 79.8 Å². The molecule has 1 aliphatic heterocycles. The average molecular weight is 394 g/mol. The molecular weight excluding hydrogens is 368 g/mol. The van der Waals surface area contributed by atoms with Crippen LogP contribution >= 0.6 is 11.3 Å². The van der Waals surface area contributed by atoms with Gasteiger partial charge in [-0.1, -0.05) is 35.9 Å². The summed E-state index contributed by atoms with van der Waals surface area (Å²) >= 11 is 1.67. The molecule has 2 atom stereocenters. The summed E-state index contributed by atoms with van der Waals surface area (Å²) in [6.45, 7) is 4.12. The lowest BCUT2D eigenvalue weighted by Gasteiger charge is -2.24. The van der Waals surface area contributed by atoms with Crippen LogP contribution in [0.15, 0.2) is 41.8 Å². The van der Waals surface area contributed by atoms with Crippen molar-refractivity contribution in [3.05, 3.63) is 57.8 Å². The van der Waals surface area contributed by atoms with E-state index in [1.165, 1.54) is 10.4 Å². The lowest BCUT2D eigenvalue weighted by molar-refractivity contribution is -0.676. The normalized spacial score (nSPS) is 22.8. The smallest absolute Gasteiger partial charge is 0.275 e. The third-order valence-electron chi connectivity index (χ3n) is 4.77. The number of carbonyl (C=O) groups excluding carboxylic acids is 1. The van der Waals surface area contributed by atoms with Crippen LogP contribution in [0.2, 0.25) is 0 Å². The second-order valence-electron chi connectivity index (χ2n) is 7.29. The number of hydrogen-bond acceptors (Lipinski definition) is 4. The van der Waals surface area contributed by atoms with E-state index < -0.39 is 15.4 Å². The Labute approximate surface area is 158 Å². The number of sulfone groups is 1. The summed E-state index contributed by atoms with van der Waals surface area (Å²) in [5.41, 5.74) is 1.71. The van der Waals surface area contributed by atoms with Crippen molar-refractivity contribution in [1.29, 1.82) is 0 Å². The van der Waals surface area contributed by atoms with Crippen molar-refractivity contribution in [2.45, 2.75) is 31.8 Å². The van der Waals surface area contributed by atoms with Gasteiger partial charge in [-0.15, -0.1) is 11.3 Å². The highest BCUT2D eigenvalue weighted by Crippen LogP contribution is 2.24. The van der Waals surface area contributed by atoms with Crippen LogP contribution in [0.4, 0.5) is 0 Å². The molecule has 2 heterocycles. The van der Waals surface area contributed by atoms with Crippen LogP contribution in [-0.4, -0.2) is 37.9 Å². The molecule has 1 aromatic heterocycles. The van der Waals surface area contributed by atoms with Gasteiger partial charge in [0.15, 0.2) is 16.4 Å². The summed E-state index contributed by atoms with van der Waals surface area (Å²) in [4.78, 5) is 13.6. The highest BCUT2D eigenvalue weighted by Gasteiger charge is 2.39. The molecule has 1 fully saturated rings. The van der Waals surface area contributed by atoms with Crippen LogP contribution in [0.5, 0.6) is 0 Å². The first-order valence-corrected chi connectivity index (χ1v) is 11.4. The maximum Gasteiger partial charge on any atom is 0.275 e. The Morgan fingerprint density at radius 2 is 2.04 bits per heavy atom. The van der Waals surface area contributed by atoms with E-state index in [4.69, 9.17) is 0 Å². The molecule has 2 aromatic rings. The molecule has 140 valence electrons. The first-order valence-electron chi connectivity index (χ1n) is 8.71. The maximum atomic E-state index is 12.4. The fraction of sp³-hybridized carbons (Fsp3) is 0.421. The highest BCUT2D eigenvalue weighted by molar-refractivity contribution is 7.91. The lowest BCUT2D eigenvalue weighted by Crippen LogP contribution is -2.88. The van der Waals surface area contributed by atoms with Crippen LogP contribution in [0.1, 0.15) is 35.4 Å². The van der Waals surface area contributed by atoms with Crippen molar-refractivity contribution < 1.29 is 18.5 Å². The molecule has 1 aromatic carbocycles. The van der Waals surface area contributed by atoms with Gasteiger partial charge >= 0.3 is 0 Å². The van der Waals surface area contributed by atoms with Crippen molar-refractivity contribution in [1.82, 2.24) is 5.32 Å². The van der Waals surface area contributed by atoms with E-state index in [9.17, 15) is 13.2 Å². The molecule has 3 N–H and O–H groups in total. The summed E-state index contributed by atoms with van der Waals surface area (Å²) in [5, 5.41) is 6.98. The predicted molar refractivity (Wildman–Crippen MR) is 104 cm³/mol. The third kappa shape index (κ3) is 4.72. The van der Waals surface area contributed by atoms with Gasteiger partial charge in [-0.2, -0.15) is 0 Å². The largest absolute Gasteiger partial charge is 0.345 e. The SMILES string of the molecule is Cc1ccc([C@H]([NH2+]CC(=O)N[C@]2(C)CCS(=O)(=O)C2)c2cccs2)cc1. The average Bonchev–Trinajstić information content (AvgIpc) is 3.17. The van der Waals surface area contributed by atoms with Gasteiger partial charge < -0.3 is 10.6 Å². The first kappa shape index (κ1) is 19.1. The zero-order valence-corrected chi connectivity index (χ0v) is 16.7. The second kappa shape index (κ2) is 7.50. The van der Waals surface area contributed by atoms with E-state index in [1.54, 1.807) is 11.3 Å². The summed E-state index contributed by atoms with van der Waals surface area (Å²) < 4.78 is 23.4. The molecule has 5 nitrogen and oxygen atoms in total. The van der Waals surface area contributed by atoms with E-state index in [0.29, 0.717) is 6.42 Å². The predicted octanol–water partition coefficient (Wildman–Crippen LogP) is 1.40. The van der Waals surface area contributed by atoms with Gasteiger partial charge in [0.05, 0.1) is 21.9 Å². The Morgan fingerprint density at radius 1 is 1.31 bits per heavy atom. The number of quaternary nitrogens is 1. The molecule has 0 spiro atoms. The summed E-state index contributed by atoms with van der Waals surface area (Å²) in [7, 11) is -3.04. The van der Waals surface area contributed by atoms with E-state index >= 15 is 0 Å². The molecule has 26 heavy (non-hydrogen) atoms. The number of nitrogens with two attached hydrogens (primary N) is 1. The van der Waals surface area contributed by atoms with E-state index in [2.05, 4.69) is 42.6 Å². The Balaban J connectivity index is 1.66. The van der Waals surface area contributed by atoms with Crippen molar-refractivity contribution in [2.24, 2.45) is 0 Å². The number of thiophene rings is 1. The number of rotatable bonds is 6. The molecule has 1 saturated heterocycles. The lowest BCUT2D eigenvalue weighted by atomic mass is 10.0. The van der Waals surface area contributed by atoms with Gasteiger partial charge in [0.2, 0.25) is 0 Å². The fourth-order valence-electron chi connectivity index (χ4n) is 3.38. The second-order valence-corrected chi connectivity index (χ2v) is 10.5. The molecule has 7 heteroatoms. The molecule has 0 radical (unpaired) electrons. The van der Waals surface area contributed by atoms with Gasteiger partial charge in [-0.3, -0.25) is 4.79 Å². The van der Waals surface area contributed by atoms with Gasteiger partial charge in [0.25, 0.3) is 5.91 Å². The Hall–Kier alpha value is -1.70. The Morgan fingerprint density at radius 3 is 2.62 bits per heavy atom. The van der Waals surface area contributed by atoms with E-state index in [-0.39, 0.29) is 30.0 Å². The minimum absolute atomic E-state index is 0.0258. The number of benzene rings is 1. The van der Waals surface area contributed by atoms with Gasteiger partial charge in [-0.05, 0) is 31.7 Å². The van der Waals surface area contributed by atoms with Crippen LogP contribution in [0.3, 0.4) is 0 Å². The number of carbonyl (C=O) groups is 1. The molecule has 1 amide bonds. The van der Waals surface area contributed by atoms with Crippen LogP contribution < -0.4 is 10.6 Å². The monoisotopic (exact) mass is 393 g/mol. The molecule has 0 aliphatic carbocycles. The van der Waals surface area contributed by atoms with Crippen molar-refractivity contribution >= 4 is 27.1 Å². The van der Waals surface area contributed by atoms with E-state index in [1.807, 2.05) is 23.7 Å². The molecular formula is C19H25N2O3S2+. The molecule has 0 bridgehead atoms. The maximum absolute atomic E-state index is 12.4. The van der Waals surface area contributed by atoms with Gasteiger partial charge in [0, 0.05) is 5.56 Å². The molecule has 0 unspecified atom stereocenters. The Bertz CT molecular complexity index is 861. The van der Waals surface area contributed by atoms with Crippen LogP contribution in [-0.2, 0) is 14.6 Å². The van der Waals surface area contributed by atoms with Crippen LogP contribution in [0.25, 0.3) is 0 Å². The third-order valence-corrected chi connectivity index (χ3v) is 7.63. The summed E-state index contributed by atoms with van der Waals surface area (Å²) in [5.74, 6) is 0.0467. The van der Waals surface area contributed by atoms with Gasteiger partial charge in [-0.25, -0.2) is 8.42 Å². The van der Waals surface area contributed by atoms with E-state index in [0.717, 1.165) is 5.56 Å². The molecule has 0 saturated carbocycles.